The SMILES string of the molecule is O=C(N/N=C/c1ccc(Oc2ccc([N+](=O)[O-])cn2)cc1)c1ccc(Cl)cc1Cl. The van der Waals surface area contributed by atoms with Crippen LogP contribution in [0.25, 0.3) is 0 Å². The van der Waals surface area contributed by atoms with Gasteiger partial charge in [0.05, 0.1) is 21.7 Å². The number of nitro groups is 1. The number of nitrogens with zero attached hydrogens (tertiary/aromatic N) is 3. The Bertz CT molecular complexity index is 1070. The molecule has 1 heterocycles. The molecule has 29 heavy (non-hydrogen) atoms. The van der Waals surface area contributed by atoms with Gasteiger partial charge in [-0.15, -0.1) is 0 Å². The van der Waals surface area contributed by atoms with E-state index in [1.165, 1.54) is 30.5 Å². The molecule has 1 aromatic heterocycles. The van der Waals surface area contributed by atoms with Crippen molar-refractivity contribution in [3.8, 4) is 11.6 Å². The van der Waals surface area contributed by atoms with Gasteiger partial charge < -0.3 is 4.74 Å². The lowest BCUT2D eigenvalue weighted by Crippen LogP contribution is -2.18. The summed E-state index contributed by atoms with van der Waals surface area (Å²) in [6, 6.07) is 14.0. The molecule has 0 fully saturated rings. The van der Waals surface area contributed by atoms with Gasteiger partial charge in [-0.25, -0.2) is 10.4 Å². The van der Waals surface area contributed by atoms with Crippen molar-refractivity contribution in [2.75, 3.05) is 0 Å². The molecule has 0 saturated carbocycles. The number of carbonyl (C=O) groups is 1. The van der Waals surface area contributed by atoms with Crippen LogP contribution in [0.15, 0.2) is 65.9 Å². The second-order valence-electron chi connectivity index (χ2n) is 5.61. The standard InChI is InChI=1S/C19H12Cl2N4O4/c20-13-3-7-16(17(21)9-13)19(26)24-23-10-12-1-5-15(6-2-12)29-18-8-4-14(11-22-18)25(27)28/h1-11H,(H,24,26)/b23-10+. The largest absolute Gasteiger partial charge is 0.439 e. The molecule has 0 aliphatic carbocycles. The Hall–Kier alpha value is -3.49. The fourth-order valence-corrected chi connectivity index (χ4v) is 2.68. The molecular formula is C19H12Cl2N4O4. The average molecular weight is 431 g/mol. The summed E-state index contributed by atoms with van der Waals surface area (Å²) >= 11 is 11.8. The zero-order valence-corrected chi connectivity index (χ0v) is 16.1. The van der Waals surface area contributed by atoms with Crippen molar-refractivity contribution in [3.05, 3.63) is 92.1 Å². The van der Waals surface area contributed by atoms with E-state index in [0.717, 1.165) is 6.20 Å². The summed E-state index contributed by atoms with van der Waals surface area (Å²) in [5.41, 5.74) is 3.23. The minimum Gasteiger partial charge on any atom is -0.439 e. The van der Waals surface area contributed by atoms with Crippen LogP contribution >= 0.6 is 23.2 Å². The van der Waals surface area contributed by atoms with E-state index in [1.807, 2.05) is 0 Å². The van der Waals surface area contributed by atoms with Crippen LogP contribution in [0.2, 0.25) is 10.0 Å². The van der Waals surface area contributed by atoms with Gasteiger partial charge >= 0.3 is 0 Å². The number of benzene rings is 2. The van der Waals surface area contributed by atoms with Crippen molar-refractivity contribution in [3.63, 3.8) is 0 Å². The predicted molar refractivity (Wildman–Crippen MR) is 109 cm³/mol. The quantitative estimate of drug-likeness (QED) is 0.341. The lowest BCUT2D eigenvalue weighted by Gasteiger charge is -2.05. The summed E-state index contributed by atoms with van der Waals surface area (Å²) in [5, 5.41) is 15.2. The number of rotatable bonds is 6. The van der Waals surface area contributed by atoms with Crippen molar-refractivity contribution in [2.45, 2.75) is 0 Å². The number of hydrogen-bond acceptors (Lipinski definition) is 6. The van der Waals surface area contributed by atoms with Crippen molar-refractivity contribution in [2.24, 2.45) is 5.10 Å². The second-order valence-corrected chi connectivity index (χ2v) is 6.45. The maximum absolute atomic E-state index is 12.1. The smallest absolute Gasteiger partial charge is 0.287 e. The molecular weight excluding hydrogens is 419 g/mol. The lowest BCUT2D eigenvalue weighted by atomic mass is 10.2. The Morgan fingerprint density at radius 1 is 1.14 bits per heavy atom. The molecule has 10 heteroatoms. The van der Waals surface area contributed by atoms with E-state index < -0.39 is 10.8 Å². The molecule has 1 N–H and O–H groups in total. The van der Waals surface area contributed by atoms with Crippen molar-refractivity contribution < 1.29 is 14.5 Å². The summed E-state index contributed by atoms with van der Waals surface area (Å²) in [6.45, 7) is 0. The number of ether oxygens (including phenoxy) is 1. The van der Waals surface area contributed by atoms with Gasteiger partial charge in [0.25, 0.3) is 11.6 Å². The third-order valence-corrected chi connectivity index (χ3v) is 4.14. The Morgan fingerprint density at radius 2 is 1.90 bits per heavy atom. The van der Waals surface area contributed by atoms with E-state index in [4.69, 9.17) is 27.9 Å². The third kappa shape index (κ3) is 5.50. The Kier molecular flexibility index (Phi) is 6.38. The summed E-state index contributed by atoms with van der Waals surface area (Å²) in [4.78, 5) is 26.0. The average Bonchev–Trinajstić information content (AvgIpc) is 2.69. The first kappa shape index (κ1) is 20.2. The number of hydrogen-bond donors (Lipinski definition) is 1. The zero-order chi connectivity index (χ0) is 20.8. The highest BCUT2D eigenvalue weighted by molar-refractivity contribution is 6.36. The molecule has 1 amide bonds. The number of nitrogens with one attached hydrogen (secondary N) is 1. The van der Waals surface area contributed by atoms with E-state index in [2.05, 4.69) is 15.5 Å². The molecule has 8 nitrogen and oxygen atoms in total. The van der Waals surface area contributed by atoms with Gasteiger partial charge in [-0.2, -0.15) is 5.10 Å². The zero-order valence-electron chi connectivity index (χ0n) is 14.6. The Balaban J connectivity index is 1.58. The summed E-state index contributed by atoms with van der Waals surface area (Å²) in [6.07, 6.45) is 2.57. The van der Waals surface area contributed by atoms with Crippen LogP contribution in [0.5, 0.6) is 11.6 Å². The second kappa shape index (κ2) is 9.13. The number of aromatic nitrogens is 1. The van der Waals surface area contributed by atoms with Crippen molar-refractivity contribution in [1.29, 1.82) is 0 Å². The maximum Gasteiger partial charge on any atom is 0.287 e. The van der Waals surface area contributed by atoms with Crippen LogP contribution < -0.4 is 10.2 Å². The van der Waals surface area contributed by atoms with Crippen LogP contribution in [0.1, 0.15) is 15.9 Å². The molecule has 0 bridgehead atoms. The van der Waals surface area contributed by atoms with Crippen LogP contribution in [0.4, 0.5) is 5.69 Å². The molecule has 0 aliphatic rings. The first-order chi connectivity index (χ1) is 13.9. The number of hydrazone groups is 1. The monoisotopic (exact) mass is 430 g/mol. The Morgan fingerprint density at radius 3 is 2.52 bits per heavy atom. The van der Waals surface area contributed by atoms with Crippen LogP contribution in [-0.2, 0) is 0 Å². The molecule has 0 saturated heterocycles. The molecule has 146 valence electrons. The van der Waals surface area contributed by atoms with Crippen LogP contribution in [0.3, 0.4) is 0 Å². The maximum atomic E-state index is 12.1. The summed E-state index contributed by atoms with van der Waals surface area (Å²) < 4.78 is 5.52. The predicted octanol–water partition coefficient (Wildman–Crippen LogP) is 4.85. The summed E-state index contributed by atoms with van der Waals surface area (Å²) in [7, 11) is 0. The minimum atomic E-state index is -0.537. The van der Waals surface area contributed by atoms with E-state index >= 15 is 0 Å². The number of amides is 1. The van der Waals surface area contributed by atoms with E-state index in [1.54, 1.807) is 30.3 Å². The van der Waals surface area contributed by atoms with Crippen LogP contribution in [0, 0.1) is 10.1 Å². The Labute approximate surface area is 174 Å². The number of pyridine rings is 1. The molecule has 3 rings (SSSR count). The van der Waals surface area contributed by atoms with Gasteiger partial charge in [0, 0.05) is 17.2 Å². The van der Waals surface area contributed by atoms with Gasteiger partial charge in [0.2, 0.25) is 5.88 Å². The molecule has 0 spiro atoms. The first-order valence-electron chi connectivity index (χ1n) is 8.09. The lowest BCUT2D eigenvalue weighted by molar-refractivity contribution is -0.385. The van der Waals surface area contributed by atoms with Crippen molar-refractivity contribution in [1.82, 2.24) is 10.4 Å². The molecule has 0 aliphatic heterocycles. The fourth-order valence-electron chi connectivity index (χ4n) is 2.18. The fraction of sp³-hybridized carbons (Fsp3) is 0. The molecule has 0 radical (unpaired) electrons. The van der Waals surface area contributed by atoms with Gasteiger partial charge in [0.15, 0.2) is 0 Å². The highest BCUT2D eigenvalue weighted by atomic mass is 35.5. The molecule has 0 atom stereocenters. The van der Waals surface area contributed by atoms with E-state index in [0.29, 0.717) is 16.3 Å². The normalized spacial score (nSPS) is 10.7. The molecule has 3 aromatic rings. The third-order valence-electron chi connectivity index (χ3n) is 3.59. The molecule has 2 aromatic carbocycles. The van der Waals surface area contributed by atoms with Crippen molar-refractivity contribution >= 4 is 41.0 Å². The topological polar surface area (TPSA) is 107 Å². The van der Waals surface area contributed by atoms with Gasteiger partial charge in [-0.1, -0.05) is 23.2 Å². The number of halogens is 2. The van der Waals surface area contributed by atoms with E-state index in [-0.39, 0.29) is 22.2 Å². The highest BCUT2D eigenvalue weighted by Gasteiger charge is 2.09. The van der Waals surface area contributed by atoms with Gasteiger partial charge in [-0.05, 0) is 48.0 Å². The first-order valence-corrected chi connectivity index (χ1v) is 8.85. The summed E-state index contributed by atoms with van der Waals surface area (Å²) in [5.74, 6) is 0.247. The number of carbonyl (C=O) groups excluding carboxylic acids is 1. The minimum absolute atomic E-state index is 0.120. The van der Waals surface area contributed by atoms with Gasteiger partial charge in [0.1, 0.15) is 11.9 Å². The van der Waals surface area contributed by atoms with Crippen LogP contribution in [-0.4, -0.2) is 22.0 Å². The highest BCUT2D eigenvalue weighted by Crippen LogP contribution is 2.22. The molecule has 0 unspecified atom stereocenters. The van der Waals surface area contributed by atoms with Gasteiger partial charge in [-0.3, -0.25) is 14.9 Å². The van der Waals surface area contributed by atoms with E-state index in [9.17, 15) is 14.9 Å².